The van der Waals surface area contributed by atoms with E-state index >= 15 is 0 Å². The maximum absolute atomic E-state index is 12.4. The Labute approximate surface area is 154 Å². The molecule has 2 unspecified atom stereocenters. The number of hydrogen-bond donors (Lipinski definition) is 1. The fourth-order valence-electron chi connectivity index (χ4n) is 3.22. The minimum atomic E-state index is -0.436. The van der Waals surface area contributed by atoms with E-state index in [1.807, 2.05) is 0 Å². The molecule has 1 aromatic carbocycles. The highest BCUT2D eigenvalue weighted by Gasteiger charge is 2.24. The molecule has 1 aliphatic heterocycles. The van der Waals surface area contributed by atoms with Crippen LogP contribution < -0.4 is 5.32 Å². The summed E-state index contributed by atoms with van der Waals surface area (Å²) in [5, 5.41) is 2.72. The fourth-order valence-corrected chi connectivity index (χ4v) is 3.22. The Morgan fingerprint density at radius 3 is 2.23 bits per heavy atom. The Balaban J connectivity index is 1.98. The molecule has 0 bridgehead atoms. The molecule has 1 fully saturated rings. The van der Waals surface area contributed by atoms with Gasteiger partial charge in [-0.3, -0.25) is 9.59 Å². The second kappa shape index (κ2) is 8.65. The average molecular weight is 358 g/mol. The fraction of sp³-hybridized carbons (Fsp3) is 0.450. The third kappa shape index (κ3) is 5.18. The first-order chi connectivity index (χ1) is 12.3. The van der Waals surface area contributed by atoms with Gasteiger partial charge in [-0.15, -0.1) is 0 Å². The number of hydrogen-bond acceptors (Lipinski definition) is 4. The van der Waals surface area contributed by atoms with Gasteiger partial charge in [-0.25, -0.2) is 4.79 Å². The van der Waals surface area contributed by atoms with E-state index in [1.54, 1.807) is 36.1 Å². The van der Waals surface area contributed by atoms with E-state index in [1.165, 1.54) is 13.2 Å². The molecule has 1 saturated heterocycles. The smallest absolute Gasteiger partial charge is 0.337 e. The summed E-state index contributed by atoms with van der Waals surface area (Å²) in [6.45, 7) is 7.34. The predicted octanol–water partition coefficient (Wildman–Crippen LogP) is 2.86. The standard InChI is InChI=1S/C20H26N2O4/c1-13-9-14(2)12-22(11-13)18(23)10-15(3)19(24)21-17-7-5-16(6-8-17)20(25)26-4/h5-8,10,13-14H,9,11-12H2,1-4H3,(H,21,24)/b15-10+. The third-order valence-electron chi connectivity index (χ3n) is 4.44. The molecule has 1 aliphatic rings. The Kier molecular flexibility index (Phi) is 6.55. The van der Waals surface area contributed by atoms with Crippen molar-refractivity contribution in [1.29, 1.82) is 0 Å². The van der Waals surface area contributed by atoms with Crippen LogP contribution >= 0.6 is 0 Å². The van der Waals surface area contributed by atoms with Gasteiger partial charge in [0.25, 0.3) is 5.91 Å². The lowest BCUT2D eigenvalue weighted by Crippen LogP contribution is -2.42. The zero-order valence-corrected chi connectivity index (χ0v) is 15.7. The molecule has 0 radical (unpaired) electrons. The number of methoxy groups -OCH3 is 1. The molecule has 2 amide bonds. The second-order valence-electron chi connectivity index (χ2n) is 7.04. The molecule has 0 spiro atoms. The number of carbonyl (C=O) groups excluding carboxylic acids is 3. The highest BCUT2D eigenvalue weighted by Crippen LogP contribution is 2.21. The van der Waals surface area contributed by atoms with Gasteiger partial charge in [0.1, 0.15) is 0 Å². The van der Waals surface area contributed by atoms with Crippen LogP contribution in [0.5, 0.6) is 0 Å². The first kappa shape index (κ1) is 19.7. The van der Waals surface area contributed by atoms with Gasteiger partial charge >= 0.3 is 5.97 Å². The summed E-state index contributed by atoms with van der Waals surface area (Å²) in [6.07, 6.45) is 2.51. The Morgan fingerprint density at radius 1 is 1.12 bits per heavy atom. The van der Waals surface area contributed by atoms with Crippen LogP contribution in [-0.2, 0) is 14.3 Å². The zero-order chi connectivity index (χ0) is 19.3. The van der Waals surface area contributed by atoms with E-state index in [0.717, 1.165) is 19.5 Å². The minimum Gasteiger partial charge on any atom is -0.465 e. The monoisotopic (exact) mass is 358 g/mol. The molecule has 1 N–H and O–H groups in total. The van der Waals surface area contributed by atoms with Gasteiger partial charge in [-0.1, -0.05) is 13.8 Å². The highest BCUT2D eigenvalue weighted by molar-refractivity contribution is 6.07. The zero-order valence-electron chi connectivity index (χ0n) is 15.7. The van der Waals surface area contributed by atoms with Crippen LogP contribution in [0.2, 0.25) is 0 Å². The number of nitrogens with one attached hydrogen (secondary N) is 1. The maximum Gasteiger partial charge on any atom is 0.337 e. The van der Waals surface area contributed by atoms with Crippen molar-refractivity contribution in [3.8, 4) is 0 Å². The number of nitrogens with zero attached hydrogens (tertiary/aromatic N) is 1. The van der Waals surface area contributed by atoms with Gasteiger partial charge in [0.2, 0.25) is 5.91 Å². The molecule has 0 saturated carbocycles. The number of rotatable bonds is 4. The van der Waals surface area contributed by atoms with Gasteiger partial charge < -0.3 is 15.0 Å². The van der Waals surface area contributed by atoms with E-state index in [9.17, 15) is 14.4 Å². The van der Waals surface area contributed by atoms with Gasteiger partial charge in [0, 0.05) is 30.4 Å². The molecule has 26 heavy (non-hydrogen) atoms. The Hall–Kier alpha value is -2.63. The van der Waals surface area contributed by atoms with Gasteiger partial charge in [-0.2, -0.15) is 0 Å². The molecular formula is C20H26N2O4. The molecule has 6 nitrogen and oxygen atoms in total. The van der Waals surface area contributed by atoms with Crippen molar-refractivity contribution >= 4 is 23.5 Å². The van der Waals surface area contributed by atoms with Crippen molar-refractivity contribution in [2.24, 2.45) is 11.8 Å². The van der Waals surface area contributed by atoms with Crippen LogP contribution in [0, 0.1) is 11.8 Å². The van der Waals surface area contributed by atoms with E-state index in [4.69, 9.17) is 0 Å². The molecular weight excluding hydrogens is 332 g/mol. The topological polar surface area (TPSA) is 75.7 Å². The van der Waals surface area contributed by atoms with E-state index in [-0.39, 0.29) is 11.8 Å². The number of amides is 2. The molecule has 2 atom stereocenters. The summed E-state index contributed by atoms with van der Waals surface area (Å²) < 4.78 is 4.63. The SMILES string of the molecule is COC(=O)c1ccc(NC(=O)/C(C)=C/C(=O)N2CC(C)CC(C)C2)cc1. The number of benzene rings is 1. The number of ether oxygens (including phenoxy) is 1. The number of anilines is 1. The van der Waals surface area contributed by atoms with Gasteiger partial charge in [0.05, 0.1) is 12.7 Å². The molecule has 6 heteroatoms. The van der Waals surface area contributed by atoms with Crippen molar-refractivity contribution in [3.05, 3.63) is 41.5 Å². The summed E-state index contributed by atoms with van der Waals surface area (Å²) >= 11 is 0. The van der Waals surface area contributed by atoms with Gasteiger partial charge in [0.15, 0.2) is 0 Å². The summed E-state index contributed by atoms with van der Waals surface area (Å²) in [6, 6.07) is 6.38. The second-order valence-corrected chi connectivity index (χ2v) is 7.04. The van der Waals surface area contributed by atoms with E-state index in [2.05, 4.69) is 23.9 Å². The lowest BCUT2D eigenvalue weighted by molar-refractivity contribution is -0.129. The number of esters is 1. The van der Waals surface area contributed by atoms with Crippen LogP contribution in [0.1, 0.15) is 37.6 Å². The van der Waals surface area contributed by atoms with Crippen molar-refractivity contribution in [2.45, 2.75) is 27.2 Å². The number of likely N-dealkylation sites (tertiary alicyclic amines) is 1. The van der Waals surface area contributed by atoms with Crippen molar-refractivity contribution in [2.75, 3.05) is 25.5 Å². The summed E-state index contributed by atoms with van der Waals surface area (Å²) in [4.78, 5) is 37.9. The van der Waals surface area contributed by atoms with Crippen molar-refractivity contribution in [1.82, 2.24) is 4.90 Å². The summed E-state index contributed by atoms with van der Waals surface area (Å²) in [5.41, 5.74) is 1.29. The highest BCUT2D eigenvalue weighted by atomic mass is 16.5. The van der Waals surface area contributed by atoms with Crippen LogP contribution in [0.3, 0.4) is 0 Å². The van der Waals surface area contributed by atoms with E-state index in [0.29, 0.717) is 28.7 Å². The molecule has 1 heterocycles. The van der Waals surface area contributed by atoms with Crippen molar-refractivity contribution < 1.29 is 19.1 Å². The molecule has 140 valence electrons. The van der Waals surface area contributed by atoms with Crippen LogP contribution in [0.25, 0.3) is 0 Å². The quantitative estimate of drug-likeness (QED) is 0.663. The normalized spacial score (nSPS) is 20.5. The maximum atomic E-state index is 12.4. The molecule has 1 aromatic rings. The largest absolute Gasteiger partial charge is 0.465 e. The van der Waals surface area contributed by atoms with Crippen LogP contribution in [0.4, 0.5) is 5.69 Å². The average Bonchev–Trinajstić information content (AvgIpc) is 2.60. The van der Waals surface area contributed by atoms with Crippen LogP contribution in [0.15, 0.2) is 35.9 Å². The van der Waals surface area contributed by atoms with Gasteiger partial charge in [-0.05, 0) is 49.4 Å². The summed E-state index contributed by atoms with van der Waals surface area (Å²) in [7, 11) is 1.31. The molecule has 0 aromatic heterocycles. The van der Waals surface area contributed by atoms with Crippen LogP contribution in [-0.4, -0.2) is 42.9 Å². The van der Waals surface area contributed by atoms with Crippen molar-refractivity contribution in [3.63, 3.8) is 0 Å². The molecule has 2 rings (SSSR count). The third-order valence-corrected chi connectivity index (χ3v) is 4.44. The summed E-state index contributed by atoms with van der Waals surface area (Å²) in [5.74, 6) is 0.0333. The first-order valence-corrected chi connectivity index (χ1v) is 8.77. The predicted molar refractivity (Wildman–Crippen MR) is 99.7 cm³/mol. The first-order valence-electron chi connectivity index (χ1n) is 8.77. The van der Waals surface area contributed by atoms with E-state index < -0.39 is 5.97 Å². The number of carbonyl (C=O) groups is 3. The lowest BCUT2D eigenvalue weighted by atomic mass is 9.92. The number of piperidine rings is 1. The Bertz CT molecular complexity index is 699. The Morgan fingerprint density at radius 2 is 1.69 bits per heavy atom. The molecule has 0 aliphatic carbocycles. The minimum absolute atomic E-state index is 0.128. The lowest BCUT2D eigenvalue weighted by Gasteiger charge is -2.34.